The van der Waals surface area contributed by atoms with Crippen LogP contribution in [-0.4, -0.2) is 30.4 Å². The first-order valence-corrected chi connectivity index (χ1v) is 7.16. The third kappa shape index (κ3) is 3.09. The summed E-state index contributed by atoms with van der Waals surface area (Å²) in [6.07, 6.45) is 2.51. The third-order valence-corrected chi connectivity index (χ3v) is 4.01. The van der Waals surface area contributed by atoms with E-state index < -0.39 is 0 Å². The smallest absolute Gasteiger partial charge is 0.255 e. The van der Waals surface area contributed by atoms with Crippen LogP contribution in [0.1, 0.15) is 42.6 Å². The Morgan fingerprint density at radius 3 is 2.74 bits per heavy atom. The monoisotopic (exact) mass is 260 g/mol. The van der Waals surface area contributed by atoms with Gasteiger partial charge in [0.05, 0.1) is 5.56 Å². The van der Waals surface area contributed by atoms with Gasteiger partial charge in [-0.05, 0) is 57.2 Å². The molecule has 1 N–H and O–H groups in total. The van der Waals surface area contributed by atoms with Crippen molar-refractivity contribution in [3.8, 4) is 0 Å². The molecule has 0 bridgehead atoms. The molecule has 1 saturated carbocycles. The number of nitrogens with one attached hydrogen (secondary N) is 1. The zero-order chi connectivity index (χ0) is 14.0. The van der Waals surface area contributed by atoms with Gasteiger partial charge in [-0.2, -0.15) is 0 Å². The third-order valence-electron chi connectivity index (χ3n) is 4.01. The molecule has 0 aromatic heterocycles. The van der Waals surface area contributed by atoms with E-state index in [1.54, 1.807) is 0 Å². The number of carbonyl (C=O) groups excluding carboxylic acids is 1. The molecule has 0 radical (unpaired) electrons. The fourth-order valence-corrected chi connectivity index (χ4v) is 2.45. The molecule has 0 heterocycles. The maximum atomic E-state index is 12.6. The van der Waals surface area contributed by atoms with Crippen molar-refractivity contribution in [2.24, 2.45) is 5.92 Å². The largest absolute Gasteiger partial charge is 0.385 e. The van der Waals surface area contributed by atoms with E-state index >= 15 is 0 Å². The molecule has 1 aromatic rings. The lowest BCUT2D eigenvalue weighted by Crippen LogP contribution is -2.36. The van der Waals surface area contributed by atoms with Crippen LogP contribution in [-0.2, 0) is 0 Å². The van der Waals surface area contributed by atoms with Gasteiger partial charge in [-0.3, -0.25) is 4.79 Å². The number of aryl methyl sites for hydroxylation is 1. The molecule has 3 heteroatoms. The van der Waals surface area contributed by atoms with Gasteiger partial charge in [-0.1, -0.05) is 6.07 Å². The summed E-state index contributed by atoms with van der Waals surface area (Å²) in [5, 5.41) is 3.29. The second kappa shape index (κ2) is 5.64. The summed E-state index contributed by atoms with van der Waals surface area (Å²) < 4.78 is 0. The Labute approximate surface area is 116 Å². The molecule has 1 atom stereocenters. The van der Waals surface area contributed by atoms with Crippen LogP contribution in [0, 0.1) is 12.8 Å². The van der Waals surface area contributed by atoms with Crippen molar-refractivity contribution >= 4 is 11.6 Å². The summed E-state index contributed by atoms with van der Waals surface area (Å²) >= 11 is 0. The lowest BCUT2D eigenvalue weighted by Gasteiger charge is -2.26. The van der Waals surface area contributed by atoms with Crippen molar-refractivity contribution in [3.05, 3.63) is 29.3 Å². The van der Waals surface area contributed by atoms with Gasteiger partial charge in [0, 0.05) is 25.3 Å². The van der Waals surface area contributed by atoms with Crippen LogP contribution in [0.15, 0.2) is 18.2 Å². The van der Waals surface area contributed by atoms with Crippen LogP contribution in [0.5, 0.6) is 0 Å². The van der Waals surface area contributed by atoms with E-state index in [1.807, 2.05) is 44.0 Å². The second-order valence-corrected chi connectivity index (χ2v) is 5.57. The van der Waals surface area contributed by atoms with Crippen molar-refractivity contribution in [2.45, 2.75) is 39.7 Å². The van der Waals surface area contributed by atoms with Gasteiger partial charge in [0.15, 0.2) is 0 Å². The van der Waals surface area contributed by atoms with Gasteiger partial charge in [-0.15, -0.1) is 0 Å². The SMILES string of the molecule is CCNc1cc(C)ccc1C(=O)N(C)C(C)C1CC1. The van der Waals surface area contributed by atoms with Gasteiger partial charge in [0.1, 0.15) is 0 Å². The molecule has 1 aliphatic rings. The highest BCUT2D eigenvalue weighted by atomic mass is 16.2. The number of hydrogen-bond donors (Lipinski definition) is 1. The minimum Gasteiger partial charge on any atom is -0.385 e. The maximum Gasteiger partial charge on any atom is 0.255 e. The van der Waals surface area contributed by atoms with E-state index in [4.69, 9.17) is 0 Å². The Morgan fingerprint density at radius 2 is 2.16 bits per heavy atom. The Bertz CT molecular complexity index is 466. The molecule has 1 aromatic carbocycles. The summed E-state index contributed by atoms with van der Waals surface area (Å²) in [5.41, 5.74) is 2.90. The summed E-state index contributed by atoms with van der Waals surface area (Å²) in [4.78, 5) is 14.5. The zero-order valence-corrected chi connectivity index (χ0v) is 12.4. The van der Waals surface area contributed by atoms with E-state index in [0.717, 1.165) is 17.8 Å². The van der Waals surface area contributed by atoms with E-state index in [9.17, 15) is 4.79 Å². The van der Waals surface area contributed by atoms with Crippen LogP contribution in [0.25, 0.3) is 0 Å². The lowest BCUT2D eigenvalue weighted by molar-refractivity contribution is 0.0728. The normalized spacial score (nSPS) is 16.0. The Hall–Kier alpha value is -1.51. The van der Waals surface area contributed by atoms with Crippen LogP contribution >= 0.6 is 0 Å². The van der Waals surface area contributed by atoms with Crippen molar-refractivity contribution < 1.29 is 4.79 Å². The van der Waals surface area contributed by atoms with Gasteiger partial charge in [-0.25, -0.2) is 0 Å². The van der Waals surface area contributed by atoms with E-state index in [0.29, 0.717) is 12.0 Å². The minimum absolute atomic E-state index is 0.121. The first kappa shape index (κ1) is 13.9. The van der Waals surface area contributed by atoms with Crippen molar-refractivity contribution in [1.82, 2.24) is 4.90 Å². The topological polar surface area (TPSA) is 32.3 Å². The number of hydrogen-bond acceptors (Lipinski definition) is 2. The molecular weight excluding hydrogens is 236 g/mol. The molecule has 2 rings (SSSR count). The van der Waals surface area contributed by atoms with Crippen molar-refractivity contribution in [2.75, 3.05) is 18.9 Å². The maximum absolute atomic E-state index is 12.6. The first-order chi connectivity index (χ1) is 9.04. The fraction of sp³-hybridized carbons (Fsp3) is 0.562. The summed E-state index contributed by atoms with van der Waals surface area (Å²) in [7, 11) is 1.92. The molecule has 104 valence electrons. The predicted octanol–water partition coefficient (Wildman–Crippen LogP) is 3.30. The van der Waals surface area contributed by atoms with E-state index in [-0.39, 0.29) is 5.91 Å². The Balaban J connectivity index is 2.21. The van der Waals surface area contributed by atoms with E-state index in [1.165, 1.54) is 18.4 Å². The molecule has 1 fully saturated rings. The Morgan fingerprint density at radius 1 is 1.47 bits per heavy atom. The summed E-state index contributed by atoms with van der Waals surface area (Å²) in [6.45, 7) is 7.07. The Kier molecular flexibility index (Phi) is 4.13. The molecule has 1 unspecified atom stereocenters. The highest BCUT2D eigenvalue weighted by molar-refractivity contribution is 5.99. The minimum atomic E-state index is 0.121. The molecule has 0 spiro atoms. The number of anilines is 1. The van der Waals surface area contributed by atoms with Gasteiger partial charge < -0.3 is 10.2 Å². The van der Waals surface area contributed by atoms with Crippen LogP contribution in [0.2, 0.25) is 0 Å². The van der Waals surface area contributed by atoms with Crippen LogP contribution in [0.4, 0.5) is 5.69 Å². The predicted molar refractivity (Wildman–Crippen MR) is 79.6 cm³/mol. The molecule has 1 amide bonds. The van der Waals surface area contributed by atoms with Gasteiger partial charge in [0.2, 0.25) is 0 Å². The average Bonchev–Trinajstić information content (AvgIpc) is 3.21. The van der Waals surface area contributed by atoms with E-state index in [2.05, 4.69) is 12.2 Å². The second-order valence-electron chi connectivity index (χ2n) is 5.57. The molecule has 1 aliphatic carbocycles. The molecule has 0 aliphatic heterocycles. The molecule has 19 heavy (non-hydrogen) atoms. The first-order valence-electron chi connectivity index (χ1n) is 7.16. The van der Waals surface area contributed by atoms with Crippen LogP contribution in [0.3, 0.4) is 0 Å². The summed E-state index contributed by atoms with van der Waals surface area (Å²) in [6, 6.07) is 6.32. The highest BCUT2D eigenvalue weighted by Gasteiger charge is 2.33. The van der Waals surface area contributed by atoms with Gasteiger partial charge >= 0.3 is 0 Å². The fourth-order valence-electron chi connectivity index (χ4n) is 2.45. The lowest BCUT2D eigenvalue weighted by atomic mass is 10.1. The van der Waals surface area contributed by atoms with Crippen molar-refractivity contribution in [3.63, 3.8) is 0 Å². The number of rotatable bonds is 5. The quantitative estimate of drug-likeness (QED) is 0.881. The van der Waals surface area contributed by atoms with Crippen LogP contribution < -0.4 is 5.32 Å². The number of amides is 1. The number of carbonyl (C=O) groups is 1. The molecule has 0 saturated heterocycles. The zero-order valence-electron chi connectivity index (χ0n) is 12.4. The molecular formula is C16H24N2O. The standard InChI is InChI=1S/C16H24N2O/c1-5-17-15-10-11(2)6-9-14(15)16(19)18(4)12(3)13-7-8-13/h6,9-10,12-13,17H,5,7-8H2,1-4H3. The van der Waals surface area contributed by atoms with Gasteiger partial charge in [0.25, 0.3) is 5.91 Å². The number of nitrogens with zero attached hydrogens (tertiary/aromatic N) is 1. The average molecular weight is 260 g/mol. The summed E-state index contributed by atoms with van der Waals surface area (Å²) in [5.74, 6) is 0.817. The molecule has 3 nitrogen and oxygen atoms in total. The number of benzene rings is 1. The highest BCUT2D eigenvalue weighted by Crippen LogP contribution is 2.35. The van der Waals surface area contributed by atoms with Crippen molar-refractivity contribution in [1.29, 1.82) is 0 Å².